The van der Waals surface area contributed by atoms with Crippen LogP contribution in [0.25, 0.3) is 0 Å². The van der Waals surface area contributed by atoms with E-state index in [1.54, 1.807) is 50.2 Å². The van der Waals surface area contributed by atoms with E-state index < -0.39 is 43.3 Å². The predicted octanol–water partition coefficient (Wildman–Crippen LogP) is 2.30. The van der Waals surface area contributed by atoms with Gasteiger partial charge in [-0.2, -0.15) is 0 Å². The summed E-state index contributed by atoms with van der Waals surface area (Å²) in [5.41, 5.74) is 0. The number of hydrogen-bond acceptors (Lipinski definition) is 12. The van der Waals surface area contributed by atoms with Gasteiger partial charge in [0, 0.05) is 65.3 Å². The van der Waals surface area contributed by atoms with Gasteiger partial charge >= 0.3 is 11.9 Å². The van der Waals surface area contributed by atoms with Gasteiger partial charge in [0.15, 0.2) is 19.7 Å². The number of nitrogens with one attached hydrogen (secondary N) is 2. The maximum atomic E-state index is 12.9. The molecular weight excluding hydrogens is 633 g/mol. The molecule has 2 fully saturated rings. The predicted molar refractivity (Wildman–Crippen MR) is 173 cm³/mol. The molecule has 2 aliphatic rings. The second kappa shape index (κ2) is 15.6. The van der Waals surface area contributed by atoms with Crippen LogP contribution in [-0.2, 0) is 38.7 Å². The summed E-state index contributed by atoms with van der Waals surface area (Å²) in [6.45, 7) is 5.97. The maximum Gasteiger partial charge on any atom is 0.333 e. The molecule has 2 N–H and O–H groups in total. The van der Waals surface area contributed by atoms with E-state index in [4.69, 9.17) is 9.47 Å². The smallest absolute Gasteiger partial charge is 0.333 e. The number of rotatable bonds is 16. The third kappa shape index (κ3) is 9.69. The molecule has 2 aromatic rings. The molecule has 2 saturated heterocycles. The number of benzene rings is 2. The molecule has 252 valence electrons. The van der Waals surface area contributed by atoms with Gasteiger partial charge in [0.25, 0.3) is 0 Å². The Hall–Kier alpha value is -3.14. The first-order chi connectivity index (χ1) is 21.8. The lowest BCUT2D eigenvalue weighted by atomic mass is 10.3. The molecule has 14 heteroatoms. The monoisotopic (exact) mass is 676 g/mol. The Kier molecular flexibility index (Phi) is 12.1. The zero-order chi connectivity index (χ0) is 33.3. The quantitative estimate of drug-likeness (QED) is 0.153. The summed E-state index contributed by atoms with van der Waals surface area (Å²) < 4.78 is 62.6. The van der Waals surface area contributed by atoms with Crippen molar-refractivity contribution in [3.8, 4) is 0 Å². The molecule has 0 bridgehead atoms. The van der Waals surface area contributed by atoms with Gasteiger partial charge in [0.1, 0.15) is 0 Å². The number of carbonyl (C=O) groups excluding carboxylic acids is 2. The summed E-state index contributed by atoms with van der Waals surface area (Å²) in [5, 5.41) is 6.19. The van der Waals surface area contributed by atoms with Crippen LogP contribution in [0.3, 0.4) is 0 Å². The van der Waals surface area contributed by atoms with Crippen LogP contribution in [-0.4, -0.2) is 101 Å². The second-order valence-corrected chi connectivity index (χ2v) is 15.9. The van der Waals surface area contributed by atoms with Gasteiger partial charge in [-0.1, -0.05) is 36.4 Å². The van der Waals surface area contributed by atoms with E-state index in [0.29, 0.717) is 26.2 Å². The average molecular weight is 677 g/mol. The Bertz CT molecular complexity index is 1440. The van der Waals surface area contributed by atoms with Crippen LogP contribution in [0.15, 0.2) is 82.6 Å². The van der Waals surface area contributed by atoms with Crippen molar-refractivity contribution in [2.75, 3.05) is 50.8 Å². The van der Waals surface area contributed by atoms with E-state index in [1.165, 1.54) is 24.3 Å². The molecule has 0 amide bonds. The Labute approximate surface area is 272 Å². The van der Waals surface area contributed by atoms with Crippen LogP contribution in [0, 0.1) is 0 Å². The van der Waals surface area contributed by atoms with Crippen molar-refractivity contribution in [3.05, 3.63) is 72.8 Å². The molecule has 4 rings (SSSR count). The molecule has 2 aliphatic heterocycles. The summed E-state index contributed by atoms with van der Waals surface area (Å²) >= 11 is 0. The van der Waals surface area contributed by atoms with Crippen LogP contribution in [0.4, 0.5) is 0 Å². The highest BCUT2D eigenvalue weighted by Gasteiger charge is 2.39. The van der Waals surface area contributed by atoms with Gasteiger partial charge in [-0.25, -0.2) is 26.4 Å². The summed E-state index contributed by atoms with van der Waals surface area (Å²) in [6.07, 6.45) is 5.54. The van der Waals surface area contributed by atoms with E-state index in [0.717, 1.165) is 37.8 Å². The molecule has 0 spiro atoms. The van der Waals surface area contributed by atoms with Crippen molar-refractivity contribution in [1.29, 1.82) is 0 Å². The van der Waals surface area contributed by atoms with Gasteiger partial charge in [0.2, 0.25) is 11.7 Å². The normalized spacial score (nSPS) is 19.1. The molecule has 0 aromatic heterocycles. The fourth-order valence-electron chi connectivity index (χ4n) is 5.63. The molecule has 2 heterocycles. The van der Waals surface area contributed by atoms with Gasteiger partial charge in [-0.3, -0.25) is 20.4 Å². The highest BCUT2D eigenvalue weighted by atomic mass is 32.2. The lowest BCUT2D eigenvalue weighted by Crippen LogP contribution is -2.59. The van der Waals surface area contributed by atoms with E-state index in [1.807, 2.05) is 9.80 Å². The minimum atomic E-state index is -3.55. The highest BCUT2D eigenvalue weighted by Crippen LogP contribution is 2.23. The topological polar surface area (TPSA) is 151 Å². The van der Waals surface area contributed by atoms with Crippen molar-refractivity contribution in [2.24, 2.45) is 0 Å². The molecule has 0 radical (unpaired) electrons. The molecule has 2 unspecified atom stereocenters. The maximum absolute atomic E-state index is 12.9. The largest absolute Gasteiger partial charge is 0.427 e. The van der Waals surface area contributed by atoms with Crippen molar-refractivity contribution in [2.45, 2.75) is 61.0 Å². The number of esters is 2. The van der Waals surface area contributed by atoms with Crippen molar-refractivity contribution < 1.29 is 35.9 Å². The first-order valence-electron chi connectivity index (χ1n) is 15.5. The lowest BCUT2D eigenvalue weighted by Gasteiger charge is -2.38. The Morgan fingerprint density at radius 3 is 1.30 bits per heavy atom. The van der Waals surface area contributed by atoms with Crippen LogP contribution in [0.5, 0.6) is 0 Å². The Morgan fingerprint density at radius 1 is 0.652 bits per heavy atom. The minimum Gasteiger partial charge on any atom is -0.427 e. The van der Waals surface area contributed by atoms with Gasteiger partial charge in [0.05, 0.1) is 21.3 Å². The van der Waals surface area contributed by atoms with E-state index >= 15 is 0 Å². The number of hydrogen-bond donors (Lipinski definition) is 2. The molecule has 2 aromatic carbocycles. The first kappa shape index (κ1) is 35.7. The van der Waals surface area contributed by atoms with Crippen molar-refractivity contribution >= 4 is 31.6 Å². The van der Waals surface area contributed by atoms with Crippen molar-refractivity contribution in [3.63, 3.8) is 0 Å². The summed E-state index contributed by atoms with van der Waals surface area (Å²) in [5.74, 6) is -4.62. The zero-order valence-corrected chi connectivity index (χ0v) is 28.0. The fourth-order valence-corrected chi connectivity index (χ4v) is 7.99. The zero-order valence-electron chi connectivity index (χ0n) is 26.4. The van der Waals surface area contributed by atoms with Gasteiger partial charge in [-0.15, -0.1) is 0 Å². The number of sulfone groups is 2. The van der Waals surface area contributed by atoms with Crippen LogP contribution < -0.4 is 10.6 Å². The van der Waals surface area contributed by atoms with Crippen LogP contribution >= 0.6 is 0 Å². The van der Waals surface area contributed by atoms with Crippen LogP contribution in [0.2, 0.25) is 0 Å². The SMILES string of the molecule is CC(NCCS(=O)(=O)c1ccccc1)(OC(=O)/C=C\C(=O)OC(C)(NCCS(=O)(=O)c1ccccc1)N1CCCC1)N1CCCC1. The average Bonchev–Trinajstić information content (AvgIpc) is 3.77. The number of nitrogens with zero attached hydrogens (tertiary/aromatic N) is 2. The number of ether oxygens (including phenoxy) is 2. The molecule has 0 aliphatic carbocycles. The summed E-state index contributed by atoms with van der Waals surface area (Å²) in [7, 11) is -7.10. The van der Waals surface area contributed by atoms with E-state index in [2.05, 4.69) is 10.6 Å². The van der Waals surface area contributed by atoms with Crippen molar-refractivity contribution in [1.82, 2.24) is 20.4 Å². The minimum absolute atomic E-state index is 0.0309. The summed E-state index contributed by atoms with van der Waals surface area (Å²) in [4.78, 5) is 30.2. The Morgan fingerprint density at radius 2 is 0.978 bits per heavy atom. The molecular formula is C32H44N4O8S2. The third-order valence-electron chi connectivity index (χ3n) is 8.23. The molecule has 12 nitrogen and oxygen atoms in total. The highest BCUT2D eigenvalue weighted by molar-refractivity contribution is 7.91. The van der Waals surface area contributed by atoms with Gasteiger partial charge in [-0.05, 0) is 49.9 Å². The molecule has 2 atom stereocenters. The van der Waals surface area contributed by atoms with E-state index in [9.17, 15) is 26.4 Å². The molecule has 46 heavy (non-hydrogen) atoms. The summed E-state index contributed by atoms with van der Waals surface area (Å²) in [6, 6.07) is 16.3. The second-order valence-electron chi connectivity index (χ2n) is 11.6. The van der Waals surface area contributed by atoms with Gasteiger partial charge < -0.3 is 9.47 Å². The standard InChI is InChI=1S/C32H44N4O8S2/c1-31(35-21-9-10-22-35,33-19-25-45(39,40)27-13-5-3-6-14-27)43-29(37)17-18-30(38)44-32(2,36-23-11-12-24-36)34-20-26-46(41,42)28-15-7-4-8-16-28/h3-8,13-18,33-34H,9-12,19-26H2,1-2H3/b18-17-. The first-order valence-corrected chi connectivity index (χ1v) is 18.8. The Balaban J connectivity index is 1.36. The van der Waals surface area contributed by atoms with E-state index in [-0.39, 0.29) is 34.4 Å². The van der Waals surface area contributed by atoms with Crippen LogP contribution in [0.1, 0.15) is 39.5 Å². The number of carbonyl (C=O) groups is 2. The third-order valence-corrected chi connectivity index (χ3v) is 11.7. The lowest BCUT2D eigenvalue weighted by molar-refractivity contribution is -0.184. The molecule has 0 saturated carbocycles. The fraction of sp³-hybridized carbons (Fsp3) is 0.500. The number of likely N-dealkylation sites (tertiary alicyclic amines) is 2.